The van der Waals surface area contributed by atoms with Gasteiger partial charge in [0.1, 0.15) is 15.7 Å². The van der Waals surface area contributed by atoms with Crippen molar-refractivity contribution in [2.75, 3.05) is 24.5 Å². The van der Waals surface area contributed by atoms with Crippen LogP contribution in [0.5, 0.6) is 0 Å². The number of nitrogens with zero attached hydrogens (tertiary/aromatic N) is 4. The fourth-order valence-corrected chi connectivity index (χ4v) is 6.34. The number of carbonyl (C=O) groups is 1. The molecule has 196 valence electrons. The number of thiazole rings is 1. The highest BCUT2D eigenvalue weighted by molar-refractivity contribution is 7.17. The summed E-state index contributed by atoms with van der Waals surface area (Å²) >= 11 is 1.16. The van der Waals surface area contributed by atoms with E-state index in [0.717, 1.165) is 37.1 Å². The predicted octanol–water partition coefficient (Wildman–Crippen LogP) is 5.72. The van der Waals surface area contributed by atoms with Crippen LogP contribution in [0.25, 0.3) is 10.6 Å². The fraction of sp³-hybridized carbons (Fsp3) is 0.556. The molecule has 9 heteroatoms. The maximum atomic E-state index is 15.3. The van der Waals surface area contributed by atoms with Crippen molar-refractivity contribution in [3.63, 3.8) is 0 Å². The highest BCUT2D eigenvalue weighted by atomic mass is 32.1. The molecule has 2 aliphatic rings. The summed E-state index contributed by atoms with van der Waals surface area (Å²) in [6.45, 7) is 17.4. The Morgan fingerprint density at radius 2 is 1.94 bits per heavy atom. The van der Waals surface area contributed by atoms with Gasteiger partial charge < -0.3 is 20.9 Å². The summed E-state index contributed by atoms with van der Waals surface area (Å²) in [7, 11) is 0. The van der Waals surface area contributed by atoms with Crippen molar-refractivity contribution in [2.24, 2.45) is 22.5 Å². The van der Waals surface area contributed by atoms with Crippen LogP contribution in [-0.4, -0.2) is 46.6 Å². The number of nitrogens with two attached hydrogens (primary N) is 1. The van der Waals surface area contributed by atoms with Crippen LogP contribution in [0.2, 0.25) is 0 Å². The minimum atomic E-state index is -0.580. The monoisotopic (exact) mass is 514 g/mol. The molecule has 2 aromatic heterocycles. The van der Waals surface area contributed by atoms with Gasteiger partial charge in [0.2, 0.25) is 5.95 Å². The maximum absolute atomic E-state index is 15.3. The van der Waals surface area contributed by atoms with Gasteiger partial charge >= 0.3 is 0 Å². The van der Waals surface area contributed by atoms with Crippen LogP contribution in [0, 0.1) is 28.1 Å². The molecule has 1 amide bonds. The average molecular weight is 515 g/mol. The average Bonchev–Trinajstić information content (AvgIpc) is 3.22. The second-order valence-electron chi connectivity index (χ2n) is 10.9. The first-order chi connectivity index (χ1) is 17.0. The summed E-state index contributed by atoms with van der Waals surface area (Å²) < 4.78 is 15.3. The van der Waals surface area contributed by atoms with E-state index in [4.69, 9.17) is 11.1 Å². The predicted molar refractivity (Wildman–Crippen MR) is 146 cm³/mol. The number of pyridine rings is 1. The number of anilines is 1. The van der Waals surface area contributed by atoms with Crippen molar-refractivity contribution >= 4 is 29.3 Å². The minimum Gasteiger partial charge on any atom is -0.403 e. The summed E-state index contributed by atoms with van der Waals surface area (Å²) in [5, 5.41) is 7.91. The van der Waals surface area contributed by atoms with E-state index in [1.807, 2.05) is 19.9 Å². The number of fused-ring (bicyclic) bond motifs is 1. The van der Waals surface area contributed by atoms with Crippen LogP contribution in [0.4, 0.5) is 10.2 Å². The summed E-state index contributed by atoms with van der Waals surface area (Å²) in [5.74, 6) is 0.223. The Morgan fingerprint density at radius 1 is 1.25 bits per heavy atom. The Balaban J connectivity index is 0.00000176. The molecule has 0 aliphatic carbocycles. The van der Waals surface area contributed by atoms with Crippen molar-refractivity contribution < 1.29 is 9.18 Å². The number of nitrogens with one attached hydrogen (secondary N) is 1. The normalized spacial score (nSPS) is 21.3. The topological polar surface area (TPSA) is 99.2 Å². The first-order valence-electron chi connectivity index (χ1n) is 12.6. The van der Waals surface area contributed by atoms with E-state index < -0.39 is 5.95 Å². The van der Waals surface area contributed by atoms with Gasteiger partial charge in [-0.1, -0.05) is 48.5 Å². The van der Waals surface area contributed by atoms with E-state index >= 15 is 4.39 Å². The van der Waals surface area contributed by atoms with Gasteiger partial charge in [-0.25, -0.2) is 9.97 Å². The lowest BCUT2D eigenvalue weighted by molar-refractivity contribution is 0.0805. The summed E-state index contributed by atoms with van der Waals surface area (Å²) in [6, 6.07) is 3.58. The molecule has 3 N–H and O–H groups in total. The molecule has 0 spiro atoms. The number of halogens is 1. The standard InChI is InChI=1S/C25H33FN6OS.C2H6/c1-15-12-31(14-24(2,3)13-25(15,4)5)19-7-6-17(21(26)30-19)22-29-18-8-9-32(16(10-27)11-28)23(33)20(18)34-22;1-2/h6-7,10-11,15,27H,8-9,12-14,28H2,1-5H3;1-2H3/b16-11+,27-10?;. The Bertz CT molecular complexity index is 1160. The molecule has 1 saturated heterocycles. The summed E-state index contributed by atoms with van der Waals surface area (Å²) in [5.41, 5.74) is 7.11. The summed E-state index contributed by atoms with van der Waals surface area (Å²) in [6.07, 6.45) is 3.91. The van der Waals surface area contributed by atoms with Crippen molar-refractivity contribution in [1.29, 1.82) is 5.41 Å². The second-order valence-corrected chi connectivity index (χ2v) is 11.9. The molecule has 0 radical (unpaired) electrons. The third kappa shape index (κ3) is 5.45. The zero-order valence-corrected chi connectivity index (χ0v) is 23.3. The molecule has 0 bridgehead atoms. The van der Waals surface area contributed by atoms with E-state index in [9.17, 15) is 4.79 Å². The highest BCUT2D eigenvalue weighted by Gasteiger charge is 2.39. The molecule has 7 nitrogen and oxygen atoms in total. The Kier molecular flexibility index (Phi) is 8.23. The van der Waals surface area contributed by atoms with Crippen LogP contribution >= 0.6 is 11.3 Å². The minimum absolute atomic E-state index is 0.0823. The molecule has 2 aromatic rings. The Labute approximate surface area is 218 Å². The number of carbonyl (C=O) groups excluding carboxylic acids is 1. The van der Waals surface area contributed by atoms with Crippen molar-refractivity contribution in [3.8, 4) is 10.6 Å². The van der Waals surface area contributed by atoms with Crippen LogP contribution in [0.1, 0.15) is 70.3 Å². The van der Waals surface area contributed by atoms with Gasteiger partial charge in [-0.3, -0.25) is 4.79 Å². The number of rotatable bonds is 4. The summed E-state index contributed by atoms with van der Waals surface area (Å²) in [4.78, 5) is 25.9. The molecule has 1 fully saturated rings. The third-order valence-electron chi connectivity index (χ3n) is 7.11. The third-order valence-corrected chi connectivity index (χ3v) is 8.23. The van der Waals surface area contributed by atoms with Gasteiger partial charge in [0.15, 0.2) is 0 Å². The van der Waals surface area contributed by atoms with Crippen molar-refractivity contribution in [1.82, 2.24) is 14.9 Å². The Hall–Kier alpha value is -2.81. The van der Waals surface area contributed by atoms with Gasteiger partial charge in [0.25, 0.3) is 5.91 Å². The van der Waals surface area contributed by atoms with Crippen molar-refractivity contribution in [3.05, 3.63) is 40.5 Å². The molecule has 0 saturated carbocycles. The molecule has 4 rings (SSSR count). The van der Waals surface area contributed by atoms with E-state index in [1.165, 1.54) is 11.1 Å². The van der Waals surface area contributed by atoms with Gasteiger partial charge in [0.05, 0.1) is 17.0 Å². The maximum Gasteiger partial charge on any atom is 0.270 e. The zero-order valence-electron chi connectivity index (χ0n) is 22.5. The van der Waals surface area contributed by atoms with Gasteiger partial charge in [-0.15, -0.1) is 11.3 Å². The molecular weight excluding hydrogens is 475 g/mol. The number of hydrogen-bond acceptors (Lipinski definition) is 7. The molecule has 4 heterocycles. The molecule has 1 unspecified atom stereocenters. The molecule has 36 heavy (non-hydrogen) atoms. The number of amides is 1. The van der Waals surface area contributed by atoms with E-state index in [2.05, 4.69) is 49.5 Å². The highest BCUT2D eigenvalue weighted by Crippen LogP contribution is 2.44. The Morgan fingerprint density at radius 3 is 2.56 bits per heavy atom. The van der Waals surface area contributed by atoms with Gasteiger partial charge in [0, 0.05) is 38.5 Å². The number of aromatic nitrogens is 2. The van der Waals surface area contributed by atoms with Crippen LogP contribution in [0.15, 0.2) is 24.0 Å². The first-order valence-corrected chi connectivity index (χ1v) is 13.4. The fourth-order valence-electron chi connectivity index (χ4n) is 5.26. The largest absolute Gasteiger partial charge is 0.403 e. The smallest absolute Gasteiger partial charge is 0.270 e. The zero-order chi connectivity index (χ0) is 26.8. The lowest BCUT2D eigenvalue weighted by Crippen LogP contribution is -2.37. The van der Waals surface area contributed by atoms with E-state index in [0.29, 0.717) is 51.5 Å². The second kappa shape index (κ2) is 10.7. The van der Waals surface area contributed by atoms with E-state index in [1.54, 1.807) is 6.07 Å². The van der Waals surface area contributed by atoms with Crippen molar-refractivity contribution in [2.45, 2.75) is 61.3 Å². The van der Waals surface area contributed by atoms with Gasteiger partial charge in [-0.05, 0) is 35.3 Å². The van der Waals surface area contributed by atoms with E-state index in [-0.39, 0.29) is 16.7 Å². The number of allylic oxidation sites excluding steroid dienone is 1. The lowest BCUT2D eigenvalue weighted by Gasteiger charge is -2.34. The van der Waals surface area contributed by atoms with Gasteiger partial charge in [-0.2, -0.15) is 4.39 Å². The van der Waals surface area contributed by atoms with Crippen LogP contribution < -0.4 is 10.6 Å². The molecule has 2 aliphatic heterocycles. The lowest BCUT2D eigenvalue weighted by atomic mass is 9.70. The first kappa shape index (κ1) is 27.8. The molecular formula is C27H39FN6OS. The number of hydrogen-bond donors (Lipinski definition) is 2. The quantitative estimate of drug-likeness (QED) is 0.402. The van der Waals surface area contributed by atoms with Crippen LogP contribution in [-0.2, 0) is 6.42 Å². The molecule has 1 atom stereocenters. The SMILES string of the molecule is CC.CC1CN(c2ccc(-c3nc4c(s3)C(=O)N(/C(C=N)=C/N)CC4)c(F)n2)CC(C)(C)CC1(C)C. The van der Waals surface area contributed by atoms with Crippen LogP contribution in [0.3, 0.4) is 0 Å². The molecule has 0 aromatic carbocycles.